The second kappa shape index (κ2) is 6.04. The number of aromatic nitrogens is 2. The van der Waals surface area contributed by atoms with Gasteiger partial charge in [-0.25, -0.2) is 0 Å². The van der Waals surface area contributed by atoms with Crippen LogP contribution in [0.5, 0.6) is 0 Å². The van der Waals surface area contributed by atoms with Crippen LogP contribution in [-0.4, -0.2) is 46.3 Å². The number of esters is 1. The molecular formula is C11H18N4O3. The van der Waals surface area contributed by atoms with E-state index in [0.717, 1.165) is 0 Å². The second-order valence-corrected chi connectivity index (χ2v) is 3.73. The Kier molecular flexibility index (Phi) is 4.70. The molecule has 0 fully saturated rings. The first-order valence-electron chi connectivity index (χ1n) is 5.73. The average Bonchev–Trinajstić information content (AvgIpc) is 2.65. The van der Waals surface area contributed by atoms with Gasteiger partial charge in [0.25, 0.3) is 5.91 Å². The number of nitrogens with two attached hydrogens (primary N) is 1. The zero-order chi connectivity index (χ0) is 13.7. The molecule has 1 aromatic rings. The number of nitrogen functional groups attached to an aromatic ring is 1. The Labute approximate surface area is 105 Å². The lowest BCUT2D eigenvalue weighted by Gasteiger charge is -2.18. The first-order valence-corrected chi connectivity index (χ1v) is 5.73. The van der Waals surface area contributed by atoms with Gasteiger partial charge in [-0.2, -0.15) is 5.10 Å². The zero-order valence-electron chi connectivity index (χ0n) is 10.8. The van der Waals surface area contributed by atoms with E-state index in [1.54, 1.807) is 27.1 Å². The van der Waals surface area contributed by atoms with Crippen LogP contribution in [0.15, 0.2) is 6.20 Å². The van der Waals surface area contributed by atoms with Gasteiger partial charge in [0.05, 0.1) is 12.3 Å². The van der Waals surface area contributed by atoms with Gasteiger partial charge in [0.2, 0.25) is 0 Å². The van der Waals surface area contributed by atoms with Gasteiger partial charge in [-0.3, -0.25) is 14.3 Å². The molecule has 0 unspecified atom stereocenters. The largest absolute Gasteiger partial charge is 0.465 e. The highest BCUT2D eigenvalue weighted by molar-refractivity contribution is 5.98. The molecule has 0 saturated heterocycles. The summed E-state index contributed by atoms with van der Waals surface area (Å²) in [5, 5.41) is 3.98. The number of aryl methyl sites for hydroxylation is 1. The van der Waals surface area contributed by atoms with Crippen LogP contribution in [0.1, 0.15) is 24.3 Å². The van der Waals surface area contributed by atoms with Crippen LogP contribution >= 0.6 is 0 Å². The topological polar surface area (TPSA) is 90.5 Å². The highest BCUT2D eigenvalue weighted by Gasteiger charge is 2.22. The van der Waals surface area contributed by atoms with Gasteiger partial charge in [-0.05, 0) is 13.8 Å². The molecule has 7 heteroatoms. The maximum absolute atomic E-state index is 12.1. The van der Waals surface area contributed by atoms with E-state index < -0.39 is 5.97 Å². The van der Waals surface area contributed by atoms with Crippen LogP contribution in [0.25, 0.3) is 0 Å². The maximum Gasteiger partial charge on any atom is 0.325 e. The second-order valence-electron chi connectivity index (χ2n) is 3.73. The zero-order valence-corrected chi connectivity index (χ0v) is 10.8. The molecule has 0 aromatic carbocycles. The summed E-state index contributed by atoms with van der Waals surface area (Å²) >= 11 is 0. The lowest BCUT2D eigenvalue weighted by Crippen LogP contribution is -2.36. The number of nitrogens with zero attached hydrogens (tertiary/aromatic N) is 3. The van der Waals surface area contributed by atoms with E-state index in [2.05, 4.69) is 5.10 Å². The Morgan fingerprint density at radius 1 is 1.50 bits per heavy atom. The van der Waals surface area contributed by atoms with Crippen LogP contribution in [0.4, 0.5) is 5.69 Å². The molecule has 0 atom stereocenters. The van der Waals surface area contributed by atoms with E-state index in [1.807, 2.05) is 0 Å². The number of ether oxygens (including phenoxy) is 1. The van der Waals surface area contributed by atoms with Gasteiger partial charge >= 0.3 is 5.97 Å². The van der Waals surface area contributed by atoms with Crippen molar-refractivity contribution in [3.8, 4) is 0 Å². The standard InChI is InChI=1S/C11H18N4O3/c1-4-15(7-9(16)18-5-2)11(17)10-8(12)6-14(3)13-10/h6H,4-5,7,12H2,1-3H3. The van der Waals surface area contributed by atoms with Crippen molar-refractivity contribution >= 4 is 17.6 Å². The quantitative estimate of drug-likeness (QED) is 0.748. The van der Waals surface area contributed by atoms with Crippen LogP contribution in [-0.2, 0) is 16.6 Å². The fourth-order valence-corrected chi connectivity index (χ4v) is 1.51. The Bertz CT molecular complexity index is 441. The van der Waals surface area contributed by atoms with Crippen molar-refractivity contribution in [2.45, 2.75) is 13.8 Å². The molecule has 0 aliphatic heterocycles. The van der Waals surface area contributed by atoms with E-state index in [4.69, 9.17) is 10.5 Å². The Morgan fingerprint density at radius 2 is 2.17 bits per heavy atom. The first kappa shape index (κ1) is 14.0. The van der Waals surface area contributed by atoms with E-state index in [0.29, 0.717) is 12.2 Å². The maximum atomic E-state index is 12.1. The van der Waals surface area contributed by atoms with Crippen LogP contribution in [0, 0.1) is 0 Å². The summed E-state index contributed by atoms with van der Waals surface area (Å²) in [6.45, 7) is 4.06. The highest BCUT2D eigenvalue weighted by Crippen LogP contribution is 2.11. The van der Waals surface area contributed by atoms with Gasteiger partial charge in [0, 0.05) is 19.8 Å². The van der Waals surface area contributed by atoms with Crippen LogP contribution in [0.2, 0.25) is 0 Å². The summed E-state index contributed by atoms with van der Waals surface area (Å²) in [6, 6.07) is 0. The Morgan fingerprint density at radius 3 is 2.61 bits per heavy atom. The lowest BCUT2D eigenvalue weighted by molar-refractivity contribution is -0.143. The van der Waals surface area contributed by atoms with Crippen molar-refractivity contribution in [2.75, 3.05) is 25.4 Å². The molecule has 1 aromatic heterocycles. The number of amides is 1. The minimum absolute atomic E-state index is 0.0980. The predicted molar refractivity (Wildman–Crippen MR) is 65.8 cm³/mol. The molecule has 0 spiro atoms. The van der Waals surface area contributed by atoms with Crippen molar-refractivity contribution in [2.24, 2.45) is 7.05 Å². The third-order valence-electron chi connectivity index (χ3n) is 2.35. The van der Waals surface area contributed by atoms with E-state index in [9.17, 15) is 9.59 Å². The molecule has 2 N–H and O–H groups in total. The van der Waals surface area contributed by atoms with Crippen molar-refractivity contribution in [1.29, 1.82) is 0 Å². The molecule has 0 aliphatic rings. The number of anilines is 1. The molecular weight excluding hydrogens is 236 g/mol. The molecule has 0 saturated carbocycles. The number of rotatable bonds is 5. The van der Waals surface area contributed by atoms with Crippen molar-refractivity contribution in [3.05, 3.63) is 11.9 Å². The summed E-state index contributed by atoms with van der Waals surface area (Å²) in [4.78, 5) is 24.8. The smallest absolute Gasteiger partial charge is 0.325 e. The van der Waals surface area contributed by atoms with Crippen molar-refractivity contribution < 1.29 is 14.3 Å². The molecule has 100 valence electrons. The summed E-state index contributed by atoms with van der Waals surface area (Å²) in [5.41, 5.74) is 6.13. The molecule has 1 heterocycles. The molecule has 1 amide bonds. The van der Waals surface area contributed by atoms with Crippen molar-refractivity contribution in [3.63, 3.8) is 0 Å². The van der Waals surface area contributed by atoms with Gasteiger partial charge in [0.15, 0.2) is 5.69 Å². The first-order chi connectivity index (χ1) is 8.49. The van der Waals surface area contributed by atoms with Crippen molar-refractivity contribution in [1.82, 2.24) is 14.7 Å². The van der Waals surface area contributed by atoms with Gasteiger partial charge in [0.1, 0.15) is 6.54 Å². The fourth-order valence-electron chi connectivity index (χ4n) is 1.51. The van der Waals surface area contributed by atoms with Crippen LogP contribution < -0.4 is 5.73 Å². The summed E-state index contributed by atoms with van der Waals surface area (Å²) in [7, 11) is 1.68. The third-order valence-corrected chi connectivity index (χ3v) is 2.35. The van der Waals surface area contributed by atoms with Crippen LogP contribution in [0.3, 0.4) is 0 Å². The lowest BCUT2D eigenvalue weighted by atomic mass is 10.3. The normalized spacial score (nSPS) is 10.2. The minimum atomic E-state index is -0.442. The summed E-state index contributed by atoms with van der Waals surface area (Å²) in [6.07, 6.45) is 1.55. The minimum Gasteiger partial charge on any atom is -0.465 e. The van der Waals surface area contributed by atoms with Gasteiger partial charge in [-0.1, -0.05) is 0 Å². The average molecular weight is 254 g/mol. The number of hydrogen-bond acceptors (Lipinski definition) is 5. The van der Waals surface area contributed by atoms with Gasteiger partial charge in [-0.15, -0.1) is 0 Å². The van der Waals surface area contributed by atoms with E-state index in [-0.39, 0.29) is 24.8 Å². The number of carbonyl (C=O) groups is 2. The number of likely N-dealkylation sites (N-methyl/N-ethyl adjacent to an activating group) is 1. The highest BCUT2D eigenvalue weighted by atomic mass is 16.5. The molecule has 0 aliphatic carbocycles. The molecule has 0 radical (unpaired) electrons. The summed E-state index contributed by atoms with van der Waals surface area (Å²) in [5.74, 6) is -0.814. The SMILES string of the molecule is CCOC(=O)CN(CC)C(=O)c1nn(C)cc1N. The fraction of sp³-hybridized carbons (Fsp3) is 0.545. The monoisotopic (exact) mass is 254 g/mol. The van der Waals surface area contributed by atoms with E-state index >= 15 is 0 Å². The summed E-state index contributed by atoms with van der Waals surface area (Å²) < 4.78 is 6.27. The number of hydrogen-bond donors (Lipinski definition) is 1. The molecule has 18 heavy (non-hydrogen) atoms. The molecule has 7 nitrogen and oxygen atoms in total. The third kappa shape index (κ3) is 3.22. The predicted octanol–water partition coefficient (Wildman–Crippen LogP) is 0.0275. The Hall–Kier alpha value is -2.05. The molecule has 1 rings (SSSR count). The van der Waals surface area contributed by atoms with E-state index in [1.165, 1.54) is 9.58 Å². The number of carbonyl (C=O) groups excluding carboxylic acids is 2. The molecule has 0 bridgehead atoms. The van der Waals surface area contributed by atoms with Gasteiger partial charge < -0.3 is 15.4 Å². The Balaban J connectivity index is 2.79.